The van der Waals surface area contributed by atoms with Crippen LogP contribution in [0.5, 0.6) is 0 Å². The zero-order valence-electron chi connectivity index (χ0n) is 19.0. The molecule has 3 aromatic rings. The number of imidazole rings is 1. The maximum atomic E-state index is 14.9. The molecular formula is C25H23BrClFN4O3. The zero-order chi connectivity index (χ0) is 24.9. The Morgan fingerprint density at radius 1 is 1.09 bits per heavy atom. The Hall–Kier alpha value is -2.91. The standard InChI is InChI=1S/C25H23BrClFN4O3/c1-15-10-31-21(14-30(15)23(33)17-7-8-19(26)20(27)9-17)22-24(34)29(11-16-5-3-2-4-6-16)12-18(28)13-32(22)25(31)35/h2-9,15,18H,10-14H2,1H3/t15-,18-/m1/s1. The van der Waals surface area contributed by atoms with Crippen LogP contribution in [0.3, 0.4) is 0 Å². The Kier molecular flexibility index (Phi) is 6.31. The molecule has 2 aromatic carbocycles. The Labute approximate surface area is 214 Å². The number of alkyl halides is 1. The second-order valence-corrected chi connectivity index (χ2v) is 10.2. The summed E-state index contributed by atoms with van der Waals surface area (Å²) >= 11 is 9.52. The van der Waals surface area contributed by atoms with Gasteiger partial charge in [0.1, 0.15) is 11.9 Å². The van der Waals surface area contributed by atoms with Crippen LogP contribution < -0.4 is 5.69 Å². The fourth-order valence-corrected chi connectivity index (χ4v) is 5.24. The van der Waals surface area contributed by atoms with Crippen LogP contribution in [0.15, 0.2) is 57.8 Å². The molecular weight excluding hydrogens is 539 g/mol. The number of benzene rings is 2. The van der Waals surface area contributed by atoms with Crippen molar-refractivity contribution in [1.29, 1.82) is 0 Å². The summed E-state index contributed by atoms with van der Waals surface area (Å²) < 4.78 is 18.4. The average molecular weight is 562 g/mol. The van der Waals surface area contributed by atoms with E-state index in [4.69, 9.17) is 11.6 Å². The second-order valence-electron chi connectivity index (χ2n) is 8.98. The summed E-state index contributed by atoms with van der Waals surface area (Å²) in [6.07, 6.45) is -1.38. The second kappa shape index (κ2) is 9.28. The van der Waals surface area contributed by atoms with Gasteiger partial charge in [0.2, 0.25) is 0 Å². The maximum Gasteiger partial charge on any atom is 0.329 e. The lowest BCUT2D eigenvalue weighted by Gasteiger charge is -2.34. The van der Waals surface area contributed by atoms with Crippen LogP contribution in [0, 0.1) is 0 Å². The smallest absolute Gasteiger partial charge is 0.329 e. The molecule has 3 heterocycles. The number of carbonyl (C=O) groups is 2. The number of nitrogens with zero attached hydrogens (tertiary/aromatic N) is 4. The number of halogens is 3. The Morgan fingerprint density at radius 2 is 1.83 bits per heavy atom. The van der Waals surface area contributed by atoms with E-state index in [-0.39, 0.29) is 50.4 Å². The first-order valence-corrected chi connectivity index (χ1v) is 12.5. The molecule has 5 rings (SSSR count). The molecule has 0 fully saturated rings. The monoisotopic (exact) mass is 560 g/mol. The van der Waals surface area contributed by atoms with E-state index in [1.165, 1.54) is 14.0 Å². The molecule has 2 amide bonds. The fourth-order valence-electron chi connectivity index (χ4n) is 4.81. The van der Waals surface area contributed by atoms with Crippen LogP contribution in [-0.4, -0.2) is 49.5 Å². The van der Waals surface area contributed by atoms with Gasteiger partial charge in [-0.2, -0.15) is 0 Å². The van der Waals surface area contributed by atoms with Crippen molar-refractivity contribution in [1.82, 2.24) is 18.9 Å². The molecule has 0 N–H and O–H groups in total. The van der Waals surface area contributed by atoms with Crippen molar-refractivity contribution < 1.29 is 14.0 Å². The summed E-state index contributed by atoms with van der Waals surface area (Å²) in [5.41, 5.74) is 1.45. The highest BCUT2D eigenvalue weighted by Crippen LogP contribution is 2.28. The summed E-state index contributed by atoms with van der Waals surface area (Å²) in [4.78, 5) is 43.3. The molecule has 0 spiro atoms. The average Bonchev–Trinajstić information content (AvgIpc) is 3.02. The first kappa shape index (κ1) is 23.8. The van der Waals surface area contributed by atoms with Crippen molar-refractivity contribution in [2.45, 2.75) is 45.3 Å². The number of hydrogen-bond donors (Lipinski definition) is 0. The summed E-state index contributed by atoms with van der Waals surface area (Å²) in [6.45, 7) is 2.05. The van der Waals surface area contributed by atoms with E-state index < -0.39 is 17.8 Å². The van der Waals surface area contributed by atoms with Crippen LogP contribution >= 0.6 is 27.5 Å². The van der Waals surface area contributed by atoms with Crippen LogP contribution in [0.1, 0.15) is 39.0 Å². The fraction of sp³-hybridized carbons (Fsp3) is 0.320. The quantitative estimate of drug-likeness (QED) is 0.484. The number of hydrogen-bond acceptors (Lipinski definition) is 3. The number of fused-ring (bicyclic) bond motifs is 3. The predicted octanol–water partition coefficient (Wildman–Crippen LogP) is 4.10. The Morgan fingerprint density at radius 3 is 2.54 bits per heavy atom. The highest BCUT2D eigenvalue weighted by atomic mass is 79.9. The van der Waals surface area contributed by atoms with Crippen molar-refractivity contribution in [3.63, 3.8) is 0 Å². The largest absolute Gasteiger partial charge is 0.330 e. The lowest BCUT2D eigenvalue weighted by molar-refractivity contribution is 0.0600. The topological polar surface area (TPSA) is 67.6 Å². The van der Waals surface area contributed by atoms with Crippen molar-refractivity contribution in [3.8, 4) is 0 Å². The normalized spacial score (nSPS) is 19.8. The van der Waals surface area contributed by atoms with Crippen LogP contribution in [-0.2, 0) is 26.2 Å². The van der Waals surface area contributed by atoms with Gasteiger partial charge in [-0.25, -0.2) is 9.18 Å². The molecule has 7 nitrogen and oxygen atoms in total. The van der Waals surface area contributed by atoms with Gasteiger partial charge in [-0.1, -0.05) is 41.9 Å². The molecule has 0 unspecified atom stereocenters. The highest BCUT2D eigenvalue weighted by Gasteiger charge is 2.38. The number of carbonyl (C=O) groups excluding carboxylic acids is 2. The summed E-state index contributed by atoms with van der Waals surface area (Å²) in [7, 11) is 0. The first-order chi connectivity index (χ1) is 16.7. The van der Waals surface area contributed by atoms with E-state index >= 15 is 0 Å². The van der Waals surface area contributed by atoms with Crippen molar-refractivity contribution >= 4 is 39.3 Å². The highest BCUT2D eigenvalue weighted by molar-refractivity contribution is 9.10. The van der Waals surface area contributed by atoms with Gasteiger partial charge in [-0.3, -0.25) is 18.7 Å². The van der Waals surface area contributed by atoms with Gasteiger partial charge in [-0.05, 0) is 46.6 Å². The number of aromatic nitrogens is 2. The molecule has 0 saturated carbocycles. The van der Waals surface area contributed by atoms with Crippen LogP contribution in [0.4, 0.5) is 4.39 Å². The molecule has 0 aliphatic carbocycles. The van der Waals surface area contributed by atoms with Gasteiger partial charge in [0, 0.05) is 29.2 Å². The molecule has 2 atom stereocenters. The molecule has 0 bridgehead atoms. The molecule has 2 aliphatic rings. The zero-order valence-corrected chi connectivity index (χ0v) is 21.3. The van der Waals surface area contributed by atoms with Crippen molar-refractivity contribution in [2.75, 3.05) is 6.54 Å². The van der Waals surface area contributed by atoms with Gasteiger partial charge in [0.05, 0.1) is 30.4 Å². The Bertz CT molecular complexity index is 1370. The summed E-state index contributed by atoms with van der Waals surface area (Å²) in [6, 6.07) is 14.0. The van der Waals surface area contributed by atoms with E-state index in [1.54, 1.807) is 23.1 Å². The van der Waals surface area contributed by atoms with E-state index in [0.29, 0.717) is 20.8 Å². The SMILES string of the molecule is C[C@@H]1Cn2c(c3n(c2=O)C[C@H](F)CN(Cc2ccccc2)C3=O)CN1C(=O)c1ccc(Br)c(Cl)c1. The third-order valence-corrected chi connectivity index (χ3v) is 7.79. The lowest BCUT2D eigenvalue weighted by Crippen LogP contribution is -2.47. The molecule has 35 heavy (non-hydrogen) atoms. The summed E-state index contributed by atoms with van der Waals surface area (Å²) in [5.74, 6) is -0.662. The predicted molar refractivity (Wildman–Crippen MR) is 133 cm³/mol. The van der Waals surface area contributed by atoms with Gasteiger partial charge in [0.15, 0.2) is 0 Å². The van der Waals surface area contributed by atoms with Gasteiger partial charge in [0.25, 0.3) is 11.8 Å². The third kappa shape index (κ3) is 4.31. The molecule has 182 valence electrons. The third-order valence-electron chi connectivity index (χ3n) is 6.56. The number of rotatable bonds is 3. The minimum atomic E-state index is -1.38. The van der Waals surface area contributed by atoms with Gasteiger partial charge < -0.3 is 9.80 Å². The number of amides is 2. The van der Waals surface area contributed by atoms with Crippen LogP contribution in [0.25, 0.3) is 0 Å². The van der Waals surface area contributed by atoms with Gasteiger partial charge in [-0.15, -0.1) is 0 Å². The van der Waals surface area contributed by atoms with E-state index in [1.807, 2.05) is 37.3 Å². The van der Waals surface area contributed by atoms with E-state index in [9.17, 15) is 18.8 Å². The van der Waals surface area contributed by atoms with Gasteiger partial charge >= 0.3 is 5.69 Å². The molecule has 2 aliphatic heterocycles. The minimum absolute atomic E-state index is 0.0626. The molecule has 0 saturated heterocycles. The van der Waals surface area contributed by atoms with E-state index in [2.05, 4.69) is 15.9 Å². The van der Waals surface area contributed by atoms with Crippen molar-refractivity contribution in [2.24, 2.45) is 0 Å². The maximum absolute atomic E-state index is 14.9. The molecule has 0 radical (unpaired) electrons. The van der Waals surface area contributed by atoms with Crippen molar-refractivity contribution in [3.05, 3.63) is 91.0 Å². The van der Waals surface area contributed by atoms with Crippen LogP contribution in [0.2, 0.25) is 5.02 Å². The Balaban J connectivity index is 1.52. The van der Waals surface area contributed by atoms with E-state index in [0.717, 1.165) is 5.56 Å². The first-order valence-electron chi connectivity index (χ1n) is 11.3. The summed E-state index contributed by atoms with van der Waals surface area (Å²) in [5, 5.41) is 0.413. The molecule has 1 aromatic heterocycles. The molecule has 10 heteroatoms. The minimum Gasteiger partial charge on any atom is -0.330 e. The lowest BCUT2D eigenvalue weighted by atomic mass is 10.1.